The van der Waals surface area contributed by atoms with Crippen LogP contribution in [0.15, 0.2) is 11.6 Å². The quantitative estimate of drug-likeness (QED) is 0.478. The van der Waals surface area contributed by atoms with Gasteiger partial charge < -0.3 is 0 Å². The highest BCUT2D eigenvalue weighted by molar-refractivity contribution is 5.98. The number of Topliss-reactive ketones (excluding diaryl/α,β-unsaturated/α-hetero) is 1. The zero-order valence-electron chi connectivity index (χ0n) is 9.61. The standard InChI is InChI=1S/C12H22O/c1-6-7-8-9-10(2)11(13)12(3,4)5/h9H,6-8H2,1-5H3. The predicted octanol–water partition coefficient (Wildman–Crippen LogP) is 3.74. The molecule has 1 nitrogen and oxygen atoms in total. The molecule has 0 aliphatic heterocycles. The third-order valence-corrected chi connectivity index (χ3v) is 2.05. The van der Waals surface area contributed by atoms with Crippen molar-refractivity contribution in [3.05, 3.63) is 11.6 Å². The molecule has 0 bridgehead atoms. The number of carbonyl (C=O) groups excluding carboxylic acids is 1. The summed E-state index contributed by atoms with van der Waals surface area (Å²) in [6.45, 7) is 9.98. The van der Waals surface area contributed by atoms with Gasteiger partial charge in [0.1, 0.15) is 0 Å². The van der Waals surface area contributed by atoms with Gasteiger partial charge in [0.05, 0.1) is 0 Å². The molecule has 0 aliphatic rings. The molecule has 13 heavy (non-hydrogen) atoms. The second-order valence-electron chi connectivity index (χ2n) is 4.61. The average molecular weight is 182 g/mol. The minimum Gasteiger partial charge on any atom is -0.294 e. The predicted molar refractivity (Wildman–Crippen MR) is 57.7 cm³/mol. The Bertz CT molecular complexity index is 194. The van der Waals surface area contributed by atoms with E-state index in [0.717, 1.165) is 12.0 Å². The highest BCUT2D eigenvalue weighted by atomic mass is 16.1. The Morgan fingerprint density at radius 2 is 1.85 bits per heavy atom. The lowest BCUT2D eigenvalue weighted by Gasteiger charge is -2.16. The molecule has 0 saturated carbocycles. The van der Waals surface area contributed by atoms with Crippen LogP contribution >= 0.6 is 0 Å². The van der Waals surface area contributed by atoms with Gasteiger partial charge in [-0.25, -0.2) is 0 Å². The van der Waals surface area contributed by atoms with Gasteiger partial charge >= 0.3 is 0 Å². The lowest BCUT2D eigenvalue weighted by molar-refractivity contribution is -0.122. The van der Waals surface area contributed by atoms with Crippen LogP contribution in [0.2, 0.25) is 0 Å². The molecule has 0 aromatic rings. The number of ketones is 1. The van der Waals surface area contributed by atoms with Gasteiger partial charge in [-0.3, -0.25) is 4.79 Å². The van der Waals surface area contributed by atoms with E-state index in [-0.39, 0.29) is 11.2 Å². The third-order valence-electron chi connectivity index (χ3n) is 2.05. The highest BCUT2D eigenvalue weighted by Gasteiger charge is 2.21. The molecule has 76 valence electrons. The monoisotopic (exact) mass is 182 g/mol. The molecule has 0 unspecified atom stereocenters. The van der Waals surface area contributed by atoms with Crippen molar-refractivity contribution in [2.45, 2.75) is 53.9 Å². The normalized spacial score (nSPS) is 13.2. The molecule has 0 aromatic carbocycles. The van der Waals surface area contributed by atoms with Crippen LogP contribution in [0, 0.1) is 5.41 Å². The summed E-state index contributed by atoms with van der Waals surface area (Å²) >= 11 is 0. The number of hydrogen-bond donors (Lipinski definition) is 0. The Morgan fingerprint density at radius 3 is 2.23 bits per heavy atom. The number of unbranched alkanes of at least 4 members (excludes halogenated alkanes) is 2. The summed E-state index contributed by atoms with van der Waals surface area (Å²) in [7, 11) is 0. The van der Waals surface area contributed by atoms with Crippen LogP contribution < -0.4 is 0 Å². The molecule has 0 amide bonds. The first-order valence-corrected chi connectivity index (χ1v) is 5.11. The van der Waals surface area contributed by atoms with Crippen LogP contribution in [-0.4, -0.2) is 5.78 Å². The Labute approximate surface area is 82.2 Å². The van der Waals surface area contributed by atoms with Gasteiger partial charge in [0.15, 0.2) is 5.78 Å². The van der Waals surface area contributed by atoms with Gasteiger partial charge in [0, 0.05) is 5.41 Å². The molecule has 0 radical (unpaired) electrons. The summed E-state index contributed by atoms with van der Waals surface area (Å²) in [6, 6.07) is 0. The van der Waals surface area contributed by atoms with E-state index in [1.807, 2.05) is 27.7 Å². The number of carbonyl (C=O) groups is 1. The molecule has 0 aromatic heterocycles. The van der Waals surface area contributed by atoms with Crippen LogP contribution in [-0.2, 0) is 4.79 Å². The van der Waals surface area contributed by atoms with Crippen LogP contribution in [0.1, 0.15) is 53.9 Å². The molecule has 0 heterocycles. The van der Waals surface area contributed by atoms with Crippen LogP contribution in [0.3, 0.4) is 0 Å². The summed E-state index contributed by atoms with van der Waals surface area (Å²) in [5, 5.41) is 0. The summed E-state index contributed by atoms with van der Waals surface area (Å²) < 4.78 is 0. The number of rotatable bonds is 4. The summed E-state index contributed by atoms with van der Waals surface area (Å²) in [4.78, 5) is 11.7. The van der Waals surface area contributed by atoms with E-state index in [1.54, 1.807) is 0 Å². The second-order valence-corrected chi connectivity index (χ2v) is 4.61. The van der Waals surface area contributed by atoms with Gasteiger partial charge in [-0.15, -0.1) is 0 Å². The van der Waals surface area contributed by atoms with Gasteiger partial charge in [-0.05, 0) is 18.9 Å². The van der Waals surface area contributed by atoms with Crippen molar-refractivity contribution < 1.29 is 4.79 Å². The van der Waals surface area contributed by atoms with E-state index in [4.69, 9.17) is 0 Å². The molecular formula is C12H22O. The van der Waals surface area contributed by atoms with E-state index in [9.17, 15) is 4.79 Å². The molecule has 0 fully saturated rings. The average Bonchev–Trinajstić information content (AvgIpc) is 2.01. The third kappa shape index (κ3) is 4.87. The van der Waals surface area contributed by atoms with E-state index in [0.29, 0.717) is 0 Å². The maximum Gasteiger partial charge on any atom is 0.163 e. The molecule has 0 N–H and O–H groups in total. The minimum absolute atomic E-state index is 0.229. The first-order valence-electron chi connectivity index (χ1n) is 5.11. The van der Waals surface area contributed by atoms with Crippen LogP contribution in [0.4, 0.5) is 0 Å². The van der Waals surface area contributed by atoms with E-state index in [2.05, 4.69) is 13.0 Å². The van der Waals surface area contributed by atoms with Gasteiger partial charge in [0.25, 0.3) is 0 Å². The Kier molecular flexibility index (Phi) is 4.97. The molecular weight excluding hydrogens is 160 g/mol. The van der Waals surface area contributed by atoms with Gasteiger partial charge in [-0.1, -0.05) is 46.6 Å². The van der Waals surface area contributed by atoms with Crippen LogP contribution in [0.5, 0.6) is 0 Å². The second kappa shape index (κ2) is 5.21. The van der Waals surface area contributed by atoms with Crippen molar-refractivity contribution in [1.29, 1.82) is 0 Å². The lowest BCUT2D eigenvalue weighted by Crippen LogP contribution is -2.20. The molecule has 0 aliphatic carbocycles. The Balaban J connectivity index is 4.18. The summed E-state index contributed by atoms with van der Waals surface area (Å²) in [6.07, 6.45) is 5.46. The summed E-state index contributed by atoms with van der Waals surface area (Å²) in [5.41, 5.74) is 0.688. The minimum atomic E-state index is -0.229. The fraction of sp³-hybridized carbons (Fsp3) is 0.750. The van der Waals surface area contributed by atoms with E-state index in [1.165, 1.54) is 12.8 Å². The van der Waals surface area contributed by atoms with Crippen molar-refractivity contribution in [2.24, 2.45) is 5.41 Å². The zero-order chi connectivity index (χ0) is 10.5. The van der Waals surface area contributed by atoms with Crippen LogP contribution in [0.25, 0.3) is 0 Å². The van der Waals surface area contributed by atoms with Crippen molar-refractivity contribution in [2.75, 3.05) is 0 Å². The van der Waals surface area contributed by atoms with Crippen molar-refractivity contribution in [3.8, 4) is 0 Å². The topological polar surface area (TPSA) is 17.1 Å². The molecule has 0 atom stereocenters. The molecule has 0 rings (SSSR count). The first kappa shape index (κ1) is 12.4. The molecule has 0 spiro atoms. The highest BCUT2D eigenvalue weighted by Crippen LogP contribution is 2.19. The van der Waals surface area contributed by atoms with Crippen molar-refractivity contribution in [1.82, 2.24) is 0 Å². The van der Waals surface area contributed by atoms with E-state index >= 15 is 0 Å². The molecule has 0 saturated heterocycles. The fourth-order valence-corrected chi connectivity index (χ4v) is 1.21. The number of allylic oxidation sites excluding steroid dienone is 2. The fourth-order valence-electron chi connectivity index (χ4n) is 1.21. The van der Waals surface area contributed by atoms with Crippen molar-refractivity contribution >= 4 is 5.78 Å². The smallest absolute Gasteiger partial charge is 0.163 e. The zero-order valence-corrected chi connectivity index (χ0v) is 9.61. The first-order chi connectivity index (χ1) is 5.89. The Hall–Kier alpha value is -0.590. The van der Waals surface area contributed by atoms with E-state index < -0.39 is 0 Å². The largest absolute Gasteiger partial charge is 0.294 e. The van der Waals surface area contributed by atoms with Gasteiger partial charge in [-0.2, -0.15) is 0 Å². The van der Waals surface area contributed by atoms with Gasteiger partial charge in [0.2, 0.25) is 0 Å². The number of hydrogen-bond acceptors (Lipinski definition) is 1. The maximum atomic E-state index is 11.7. The maximum absolute atomic E-state index is 11.7. The van der Waals surface area contributed by atoms with Crippen molar-refractivity contribution in [3.63, 3.8) is 0 Å². The molecule has 1 heteroatoms. The Morgan fingerprint density at radius 1 is 1.31 bits per heavy atom. The summed E-state index contributed by atoms with van der Waals surface area (Å²) in [5.74, 6) is 0.267. The lowest BCUT2D eigenvalue weighted by atomic mass is 9.86. The SMILES string of the molecule is CCCCC=C(C)C(=O)C(C)(C)C.